The first-order valence-corrected chi connectivity index (χ1v) is 10.5. The Labute approximate surface area is 182 Å². The van der Waals surface area contributed by atoms with Crippen LogP contribution in [0.25, 0.3) is 6.08 Å². The maximum absolute atomic E-state index is 12.9. The van der Waals surface area contributed by atoms with Crippen molar-refractivity contribution in [3.63, 3.8) is 0 Å². The van der Waals surface area contributed by atoms with Crippen LogP contribution in [-0.4, -0.2) is 63.6 Å². The zero-order valence-electron chi connectivity index (χ0n) is 16.5. The van der Waals surface area contributed by atoms with E-state index in [-0.39, 0.29) is 20.3 Å². The summed E-state index contributed by atoms with van der Waals surface area (Å²) in [6, 6.07) is 1.98. The Kier molecular flexibility index (Phi) is 6.60. The highest BCUT2D eigenvalue weighted by atomic mass is 32.2. The Morgan fingerprint density at radius 1 is 1.37 bits per heavy atom. The van der Waals surface area contributed by atoms with Gasteiger partial charge in [-0.1, -0.05) is 24.0 Å². The number of carboxylic acids is 1. The number of aliphatic carboxylic acids is 1. The second kappa shape index (κ2) is 8.99. The Morgan fingerprint density at radius 3 is 2.60 bits per heavy atom. The fraction of sp³-hybridized carbons (Fsp3) is 0.421. The summed E-state index contributed by atoms with van der Waals surface area (Å²) in [5.41, 5.74) is 0.679. The summed E-state index contributed by atoms with van der Waals surface area (Å²) in [5, 5.41) is 18.6. The minimum atomic E-state index is -1.16. The normalized spacial score (nSPS) is 18.2. The summed E-state index contributed by atoms with van der Waals surface area (Å²) >= 11 is 6.17. The molecule has 2 aliphatic heterocycles. The molecule has 2 aliphatic rings. The van der Waals surface area contributed by atoms with Crippen LogP contribution in [0.3, 0.4) is 0 Å². The molecule has 3 rings (SSSR count). The minimum Gasteiger partial charge on any atom is -0.480 e. The number of amides is 1. The fourth-order valence-electron chi connectivity index (χ4n) is 3.46. The topological polar surface area (TPSA) is 116 Å². The molecule has 0 aliphatic carbocycles. The number of aromatic nitrogens is 1. The highest BCUT2D eigenvalue weighted by Gasteiger charge is 2.34. The Hall–Kier alpha value is -2.68. The summed E-state index contributed by atoms with van der Waals surface area (Å²) in [5.74, 6) is -1.05. The van der Waals surface area contributed by atoms with Crippen molar-refractivity contribution in [3.8, 4) is 6.07 Å². The number of hydrogen-bond donors (Lipinski definition) is 1. The van der Waals surface area contributed by atoms with Crippen LogP contribution >= 0.6 is 24.0 Å². The standard InChI is InChI=1S/C19H20N4O5S2/c1-3-22-16(21-4-6-28-7-5-21)12(11(2)13(9-20)17(22)26)8-14-18(27)23(10-15(24)25)19(29)30-14/h8H,3-7,10H2,1-2H3,(H,24,25). The molecule has 0 unspecified atom stereocenters. The molecular formula is C19H20N4O5S2. The summed E-state index contributed by atoms with van der Waals surface area (Å²) in [6.45, 7) is 5.44. The molecule has 0 atom stereocenters. The molecule has 0 spiro atoms. The number of nitrogens with zero attached hydrogens (tertiary/aromatic N) is 4. The van der Waals surface area contributed by atoms with Crippen LogP contribution in [0.1, 0.15) is 23.6 Å². The average molecular weight is 449 g/mol. The fourth-order valence-corrected chi connectivity index (χ4v) is 4.69. The van der Waals surface area contributed by atoms with Gasteiger partial charge in [-0.3, -0.25) is 23.9 Å². The Bertz CT molecular complexity index is 1050. The first kappa shape index (κ1) is 22.0. The average Bonchev–Trinajstić information content (AvgIpc) is 2.97. The van der Waals surface area contributed by atoms with Gasteiger partial charge in [0.1, 0.15) is 28.3 Å². The first-order chi connectivity index (χ1) is 14.3. The van der Waals surface area contributed by atoms with E-state index in [0.717, 1.165) is 16.7 Å². The molecule has 0 aromatic carbocycles. The van der Waals surface area contributed by atoms with Crippen molar-refractivity contribution >= 4 is 52.1 Å². The van der Waals surface area contributed by atoms with Crippen molar-refractivity contribution in [3.05, 3.63) is 31.9 Å². The molecule has 1 amide bonds. The highest BCUT2D eigenvalue weighted by molar-refractivity contribution is 8.26. The van der Waals surface area contributed by atoms with E-state index in [4.69, 9.17) is 22.1 Å². The van der Waals surface area contributed by atoms with Crippen LogP contribution in [0.2, 0.25) is 0 Å². The number of carboxylic acid groups (broad SMARTS) is 1. The Morgan fingerprint density at radius 2 is 2.03 bits per heavy atom. The van der Waals surface area contributed by atoms with Crippen LogP contribution in [0.5, 0.6) is 0 Å². The van der Waals surface area contributed by atoms with Gasteiger partial charge in [0.15, 0.2) is 0 Å². The molecule has 11 heteroatoms. The van der Waals surface area contributed by atoms with Crippen molar-refractivity contribution in [1.29, 1.82) is 5.26 Å². The van der Waals surface area contributed by atoms with Crippen LogP contribution in [-0.2, 0) is 20.9 Å². The highest BCUT2D eigenvalue weighted by Crippen LogP contribution is 2.35. The zero-order chi connectivity index (χ0) is 22.0. The molecule has 2 fully saturated rings. The van der Waals surface area contributed by atoms with Crippen LogP contribution in [0, 0.1) is 18.3 Å². The number of nitriles is 1. The van der Waals surface area contributed by atoms with Crippen molar-refractivity contribution in [2.45, 2.75) is 20.4 Å². The van der Waals surface area contributed by atoms with E-state index in [1.165, 1.54) is 4.57 Å². The van der Waals surface area contributed by atoms with Gasteiger partial charge in [-0.05, 0) is 25.5 Å². The van der Waals surface area contributed by atoms with Crippen molar-refractivity contribution in [2.75, 3.05) is 37.7 Å². The van der Waals surface area contributed by atoms with Crippen LogP contribution < -0.4 is 10.5 Å². The van der Waals surface area contributed by atoms with E-state index < -0.39 is 18.4 Å². The summed E-state index contributed by atoms with van der Waals surface area (Å²) < 4.78 is 7.11. The van der Waals surface area contributed by atoms with E-state index in [1.54, 1.807) is 13.0 Å². The molecule has 2 saturated heterocycles. The van der Waals surface area contributed by atoms with E-state index in [9.17, 15) is 19.6 Å². The molecule has 0 saturated carbocycles. The number of carbonyl (C=O) groups excluding carboxylic acids is 1. The number of hydrogen-bond acceptors (Lipinski definition) is 8. The predicted molar refractivity (Wildman–Crippen MR) is 116 cm³/mol. The first-order valence-electron chi connectivity index (χ1n) is 9.27. The van der Waals surface area contributed by atoms with Gasteiger partial charge in [-0.2, -0.15) is 5.26 Å². The molecule has 1 aromatic heterocycles. The van der Waals surface area contributed by atoms with E-state index in [2.05, 4.69) is 0 Å². The maximum Gasteiger partial charge on any atom is 0.323 e. The lowest BCUT2D eigenvalue weighted by atomic mass is 10.0. The molecule has 0 bridgehead atoms. The lowest BCUT2D eigenvalue weighted by Crippen LogP contribution is -2.41. The number of thioether (sulfide) groups is 1. The molecular weight excluding hydrogens is 428 g/mol. The van der Waals surface area contributed by atoms with Gasteiger partial charge in [0, 0.05) is 25.2 Å². The van der Waals surface area contributed by atoms with Gasteiger partial charge < -0.3 is 14.7 Å². The number of anilines is 1. The third-order valence-electron chi connectivity index (χ3n) is 4.92. The molecule has 0 radical (unpaired) electrons. The summed E-state index contributed by atoms with van der Waals surface area (Å²) in [6.07, 6.45) is 1.60. The SMILES string of the molecule is CCn1c(N2CCOCC2)c(C=C2SC(=S)N(CC(=O)O)C2=O)c(C)c(C#N)c1=O. The molecule has 1 aromatic rings. The quantitative estimate of drug-likeness (QED) is 0.523. The Balaban J connectivity index is 2.21. The van der Waals surface area contributed by atoms with Gasteiger partial charge in [-0.25, -0.2) is 0 Å². The number of pyridine rings is 1. The van der Waals surface area contributed by atoms with Gasteiger partial charge in [0.05, 0.1) is 18.1 Å². The minimum absolute atomic E-state index is 0.0149. The maximum atomic E-state index is 12.9. The smallest absolute Gasteiger partial charge is 0.323 e. The molecule has 1 N–H and O–H groups in total. The van der Waals surface area contributed by atoms with Crippen molar-refractivity contribution in [1.82, 2.24) is 9.47 Å². The molecule has 3 heterocycles. The third kappa shape index (κ3) is 3.98. The molecule has 30 heavy (non-hydrogen) atoms. The second-order valence-electron chi connectivity index (χ2n) is 6.66. The summed E-state index contributed by atoms with van der Waals surface area (Å²) in [4.78, 5) is 40.0. The molecule has 158 valence electrons. The van der Waals surface area contributed by atoms with E-state index in [0.29, 0.717) is 49.8 Å². The number of thiocarbonyl (C=S) groups is 1. The van der Waals surface area contributed by atoms with Crippen LogP contribution in [0.15, 0.2) is 9.70 Å². The van der Waals surface area contributed by atoms with Crippen LogP contribution in [0.4, 0.5) is 5.82 Å². The number of rotatable bonds is 5. The lowest BCUT2D eigenvalue weighted by Gasteiger charge is -2.33. The summed E-state index contributed by atoms with van der Waals surface area (Å²) in [7, 11) is 0. The third-order valence-corrected chi connectivity index (χ3v) is 6.29. The number of carbonyl (C=O) groups is 2. The van der Waals surface area contributed by atoms with Gasteiger partial charge in [-0.15, -0.1) is 0 Å². The van der Waals surface area contributed by atoms with E-state index >= 15 is 0 Å². The lowest BCUT2D eigenvalue weighted by molar-refractivity contribution is -0.140. The monoisotopic (exact) mass is 448 g/mol. The second-order valence-corrected chi connectivity index (χ2v) is 8.34. The van der Waals surface area contributed by atoms with Gasteiger partial charge >= 0.3 is 5.97 Å². The number of ether oxygens (including phenoxy) is 1. The molecule has 9 nitrogen and oxygen atoms in total. The largest absolute Gasteiger partial charge is 0.480 e. The zero-order valence-corrected chi connectivity index (χ0v) is 18.1. The predicted octanol–water partition coefficient (Wildman–Crippen LogP) is 1.17. The van der Waals surface area contributed by atoms with E-state index in [1.807, 2.05) is 17.9 Å². The van der Waals surface area contributed by atoms with Gasteiger partial charge in [0.25, 0.3) is 11.5 Å². The van der Waals surface area contributed by atoms with Crippen molar-refractivity contribution < 1.29 is 19.4 Å². The number of morpholine rings is 1. The van der Waals surface area contributed by atoms with Crippen molar-refractivity contribution in [2.24, 2.45) is 0 Å². The van der Waals surface area contributed by atoms with Gasteiger partial charge in [0.2, 0.25) is 0 Å².